The molecule has 0 saturated heterocycles. The molecule has 1 aliphatic carbocycles. The highest BCUT2D eigenvalue weighted by atomic mass is 14.6. The third-order valence-corrected chi connectivity index (χ3v) is 8.10. The minimum atomic E-state index is -0.512. The second-order valence-electron chi connectivity index (χ2n) is 10.8. The van der Waals surface area contributed by atoms with Crippen molar-refractivity contribution < 1.29 is 0 Å². The number of aryl methyl sites for hydroxylation is 1. The van der Waals surface area contributed by atoms with Gasteiger partial charge in [0.1, 0.15) is 0 Å². The van der Waals surface area contributed by atoms with Crippen molar-refractivity contribution in [2.75, 3.05) is 11.5 Å². The minimum absolute atomic E-state index is 0.512. The van der Waals surface area contributed by atoms with E-state index in [1.165, 1.54) is 71.0 Å². The van der Waals surface area contributed by atoms with Crippen LogP contribution in [0.2, 0.25) is 0 Å². The standard InChI is InChI=1S/C37H40N2/c1-3-5-7-8-10-13-28-14-11-15-34-33-25-16-27(12-9-6-4-2)26-35(33)37(36(28)34,29-17-21-31(38)22-18-29)30-19-23-32(39)24-20-30/h11,14-26H,3-9,12,38-39H2,1-2H3. The Morgan fingerprint density at radius 2 is 1.31 bits per heavy atom. The van der Waals surface area contributed by atoms with Gasteiger partial charge >= 0.3 is 0 Å². The van der Waals surface area contributed by atoms with Crippen LogP contribution in [0.15, 0.2) is 84.9 Å². The quantitative estimate of drug-likeness (QED) is 0.118. The van der Waals surface area contributed by atoms with Crippen LogP contribution in [0.25, 0.3) is 11.1 Å². The fourth-order valence-electron chi connectivity index (χ4n) is 6.14. The summed E-state index contributed by atoms with van der Waals surface area (Å²) in [6.07, 6.45) is 9.23. The van der Waals surface area contributed by atoms with Crippen molar-refractivity contribution in [2.24, 2.45) is 0 Å². The van der Waals surface area contributed by atoms with E-state index in [-0.39, 0.29) is 0 Å². The topological polar surface area (TPSA) is 52.0 Å². The average molecular weight is 513 g/mol. The lowest BCUT2D eigenvalue weighted by Gasteiger charge is -2.35. The highest BCUT2D eigenvalue weighted by Gasteiger charge is 2.47. The summed E-state index contributed by atoms with van der Waals surface area (Å²) in [6, 6.07) is 30.6. The van der Waals surface area contributed by atoms with Crippen molar-refractivity contribution in [2.45, 2.75) is 70.6 Å². The molecule has 0 saturated carbocycles. The molecule has 0 bridgehead atoms. The van der Waals surface area contributed by atoms with Gasteiger partial charge in [-0.1, -0.05) is 106 Å². The third-order valence-electron chi connectivity index (χ3n) is 8.10. The number of hydrogen-bond donors (Lipinski definition) is 2. The first-order chi connectivity index (χ1) is 19.1. The highest BCUT2D eigenvalue weighted by Crippen LogP contribution is 2.57. The molecule has 0 fully saturated rings. The molecule has 0 unspecified atom stereocenters. The number of unbranched alkanes of at least 4 members (excludes halogenated alkanes) is 5. The van der Waals surface area contributed by atoms with Gasteiger partial charge in [0.05, 0.1) is 5.41 Å². The smallest absolute Gasteiger partial charge is 0.0725 e. The largest absolute Gasteiger partial charge is 0.399 e. The normalized spacial score (nSPS) is 12.9. The van der Waals surface area contributed by atoms with Crippen molar-refractivity contribution in [3.8, 4) is 23.0 Å². The van der Waals surface area contributed by atoms with Crippen LogP contribution in [0.3, 0.4) is 0 Å². The molecule has 4 N–H and O–H groups in total. The Labute approximate surface area is 234 Å². The van der Waals surface area contributed by atoms with E-state index in [9.17, 15) is 0 Å². The number of nitrogens with two attached hydrogens (primary N) is 2. The van der Waals surface area contributed by atoms with Crippen molar-refractivity contribution >= 4 is 11.4 Å². The zero-order valence-corrected chi connectivity index (χ0v) is 23.4. The minimum Gasteiger partial charge on any atom is -0.399 e. The Bertz CT molecular complexity index is 1440. The lowest BCUT2D eigenvalue weighted by atomic mass is 9.66. The van der Waals surface area contributed by atoms with Gasteiger partial charge < -0.3 is 11.5 Å². The molecule has 0 amide bonds. The first-order valence-electron chi connectivity index (χ1n) is 14.6. The molecule has 1 aliphatic rings. The van der Waals surface area contributed by atoms with Gasteiger partial charge in [0.2, 0.25) is 0 Å². The SMILES string of the molecule is CCCCCC#Cc1cccc2c1C(c1ccc(N)cc1)(c1ccc(N)cc1)c1cc(CCCCC)ccc1-2. The average Bonchev–Trinajstić information content (AvgIpc) is 3.25. The van der Waals surface area contributed by atoms with Gasteiger partial charge in [-0.2, -0.15) is 0 Å². The van der Waals surface area contributed by atoms with Gasteiger partial charge in [-0.05, 0) is 88.5 Å². The first-order valence-corrected chi connectivity index (χ1v) is 14.6. The summed E-state index contributed by atoms with van der Waals surface area (Å²) in [5, 5.41) is 0. The second kappa shape index (κ2) is 11.8. The molecular weight excluding hydrogens is 472 g/mol. The number of hydrogen-bond acceptors (Lipinski definition) is 2. The summed E-state index contributed by atoms with van der Waals surface area (Å²) in [5.41, 5.74) is 23.5. The second-order valence-corrected chi connectivity index (χ2v) is 10.8. The van der Waals surface area contributed by atoms with E-state index in [4.69, 9.17) is 11.5 Å². The van der Waals surface area contributed by atoms with E-state index in [0.29, 0.717) is 0 Å². The van der Waals surface area contributed by atoms with Crippen LogP contribution in [-0.4, -0.2) is 0 Å². The molecular formula is C37H40N2. The van der Waals surface area contributed by atoms with E-state index < -0.39 is 5.41 Å². The van der Waals surface area contributed by atoms with Gasteiger partial charge in [-0.25, -0.2) is 0 Å². The Kier molecular flexibility index (Phi) is 8.08. The van der Waals surface area contributed by atoms with Crippen LogP contribution in [0.5, 0.6) is 0 Å². The summed E-state index contributed by atoms with van der Waals surface area (Å²) in [6.45, 7) is 4.50. The molecule has 0 aliphatic heterocycles. The van der Waals surface area contributed by atoms with Crippen LogP contribution < -0.4 is 11.5 Å². The highest BCUT2D eigenvalue weighted by molar-refractivity contribution is 5.88. The molecule has 0 atom stereocenters. The van der Waals surface area contributed by atoms with Crippen LogP contribution in [-0.2, 0) is 11.8 Å². The summed E-state index contributed by atoms with van der Waals surface area (Å²) in [4.78, 5) is 0. The Morgan fingerprint density at radius 3 is 1.95 bits per heavy atom. The van der Waals surface area contributed by atoms with Crippen LogP contribution >= 0.6 is 0 Å². The van der Waals surface area contributed by atoms with Crippen molar-refractivity contribution in [1.29, 1.82) is 0 Å². The maximum atomic E-state index is 6.21. The van der Waals surface area contributed by atoms with Gasteiger partial charge in [0.25, 0.3) is 0 Å². The lowest BCUT2D eigenvalue weighted by Crippen LogP contribution is -2.29. The van der Waals surface area contributed by atoms with Crippen molar-refractivity contribution in [3.05, 3.63) is 118 Å². The van der Waals surface area contributed by atoms with E-state index in [1.807, 2.05) is 24.3 Å². The van der Waals surface area contributed by atoms with Crippen LogP contribution in [0, 0.1) is 11.8 Å². The molecule has 2 nitrogen and oxygen atoms in total. The number of anilines is 2. The van der Waals surface area contributed by atoms with Gasteiger partial charge in [-0.3, -0.25) is 0 Å². The van der Waals surface area contributed by atoms with E-state index in [1.54, 1.807) is 0 Å². The number of benzene rings is 4. The molecule has 2 heteroatoms. The van der Waals surface area contributed by atoms with E-state index in [0.717, 1.165) is 36.2 Å². The predicted octanol–water partition coefficient (Wildman–Crippen LogP) is 8.88. The molecule has 4 aromatic rings. The summed E-state index contributed by atoms with van der Waals surface area (Å²) < 4.78 is 0. The zero-order chi connectivity index (χ0) is 27.2. The van der Waals surface area contributed by atoms with E-state index >= 15 is 0 Å². The lowest BCUT2D eigenvalue weighted by molar-refractivity contribution is 0.714. The van der Waals surface area contributed by atoms with Crippen LogP contribution in [0.4, 0.5) is 11.4 Å². The molecule has 198 valence electrons. The summed E-state index contributed by atoms with van der Waals surface area (Å²) >= 11 is 0. The Balaban J connectivity index is 1.80. The number of rotatable bonds is 9. The van der Waals surface area contributed by atoms with Crippen LogP contribution in [0.1, 0.15) is 92.2 Å². The maximum Gasteiger partial charge on any atom is 0.0725 e. The molecule has 5 rings (SSSR count). The van der Waals surface area contributed by atoms with Crippen molar-refractivity contribution in [3.63, 3.8) is 0 Å². The van der Waals surface area contributed by atoms with Gasteiger partial charge in [-0.15, -0.1) is 0 Å². The third kappa shape index (κ3) is 5.07. The Morgan fingerprint density at radius 1 is 0.667 bits per heavy atom. The van der Waals surface area contributed by atoms with Gasteiger partial charge in [0, 0.05) is 23.4 Å². The number of nitrogen functional groups attached to an aromatic ring is 2. The molecule has 4 aromatic carbocycles. The summed E-state index contributed by atoms with van der Waals surface area (Å²) in [5.74, 6) is 7.12. The van der Waals surface area contributed by atoms with Crippen molar-refractivity contribution in [1.82, 2.24) is 0 Å². The molecule has 0 spiro atoms. The number of fused-ring (bicyclic) bond motifs is 3. The summed E-state index contributed by atoms with van der Waals surface area (Å²) in [7, 11) is 0. The Hall–Kier alpha value is -3.96. The first kappa shape index (κ1) is 26.6. The van der Waals surface area contributed by atoms with Gasteiger partial charge in [0.15, 0.2) is 0 Å². The molecule has 39 heavy (non-hydrogen) atoms. The monoisotopic (exact) mass is 512 g/mol. The molecule has 0 aromatic heterocycles. The predicted molar refractivity (Wildman–Crippen MR) is 167 cm³/mol. The fraction of sp³-hybridized carbons (Fsp3) is 0.297. The van der Waals surface area contributed by atoms with E-state index in [2.05, 4.69) is 86.4 Å². The maximum absolute atomic E-state index is 6.21. The fourth-order valence-corrected chi connectivity index (χ4v) is 6.14. The zero-order valence-electron chi connectivity index (χ0n) is 23.4. The molecule has 0 heterocycles. The molecule has 0 radical (unpaired) electrons.